The highest BCUT2D eigenvalue weighted by Crippen LogP contribution is 2.43. The summed E-state index contributed by atoms with van der Waals surface area (Å²) in [5, 5.41) is 31.5. The second-order valence-electron chi connectivity index (χ2n) is 12.4. The first kappa shape index (κ1) is 27.3. The third-order valence-electron chi connectivity index (χ3n) is 9.84. The van der Waals surface area contributed by atoms with Crippen molar-refractivity contribution >= 4 is 66.4 Å². The summed E-state index contributed by atoms with van der Waals surface area (Å²) in [6.07, 6.45) is 12.6. The molecule has 1 saturated carbocycles. The van der Waals surface area contributed by atoms with Crippen molar-refractivity contribution in [3.63, 3.8) is 0 Å². The summed E-state index contributed by atoms with van der Waals surface area (Å²) in [5.74, 6) is -1.70. The number of piperidine rings is 1. The summed E-state index contributed by atoms with van der Waals surface area (Å²) in [7, 11) is 0. The predicted molar refractivity (Wildman–Crippen MR) is 178 cm³/mol. The number of aromatic nitrogens is 2. The molecule has 0 spiro atoms. The molecule has 1 aliphatic carbocycles. The van der Waals surface area contributed by atoms with E-state index in [1.165, 1.54) is 6.42 Å². The van der Waals surface area contributed by atoms with Crippen molar-refractivity contribution in [1.29, 1.82) is 0 Å². The van der Waals surface area contributed by atoms with E-state index >= 15 is 0 Å². The molecule has 8 rings (SSSR count). The summed E-state index contributed by atoms with van der Waals surface area (Å²) in [6.45, 7) is 1.56. The molecule has 8 heteroatoms. The van der Waals surface area contributed by atoms with Crippen molar-refractivity contribution in [2.24, 2.45) is 0 Å². The highest BCUT2D eigenvalue weighted by atomic mass is 16.4. The molecule has 224 valence electrons. The van der Waals surface area contributed by atoms with Crippen LogP contribution in [0.2, 0.25) is 0 Å². The Hall–Kier alpha value is -5.24. The Labute approximate surface area is 259 Å². The second kappa shape index (κ2) is 10.7. The number of nitrogens with zero attached hydrogens (tertiary/aromatic N) is 3. The van der Waals surface area contributed by atoms with E-state index in [2.05, 4.69) is 38.4 Å². The molecule has 1 aliphatic heterocycles. The van der Waals surface area contributed by atoms with Crippen LogP contribution in [0.3, 0.4) is 0 Å². The van der Waals surface area contributed by atoms with E-state index in [0.717, 1.165) is 98.8 Å². The summed E-state index contributed by atoms with van der Waals surface area (Å²) in [4.78, 5) is 35.3. The van der Waals surface area contributed by atoms with Crippen LogP contribution in [-0.2, 0) is 0 Å². The molecule has 4 aromatic carbocycles. The van der Waals surface area contributed by atoms with Gasteiger partial charge in [0.1, 0.15) is 0 Å². The molecule has 0 unspecified atom stereocenters. The van der Waals surface area contributed by atoms with Crippen LogP contribution in [0.5, 0.6) is 0 Å². The van der Waals surface area contributed by atoms with Gasteiger partial charge in [-0.3, -0.25) is 9.97 Å². The first-order chi connectivity index (χ1) is 21.9. The van der Waals surface area contributed by atoms with E-state index in [0.29, 0.717) is 11.6 Å². The van der Waals surface area contributed by atoms with Gasteiger partial charge in [0, 0.05) is 76.8 Å². The maximum absolute atomic E-state index is 12.3. The predicted octanol–water partition coefficient (Wildman–Crippen LogP) is 7.83. The van der Waals surface area contributed by atoms with Gasteiger partial charge in [-0.1, -0.05) is 6.07 Å². The van der Waals surface area contributed by atoms with Gasteiger partial charge in [-0.25, -0.2) is 9.59 Å². The van der Waals surface area contributed by atoms with Gasteiger partial charge in [0.05, 0.1) is 11.1 Å². The molecule has 2 fully saturated rings. The third kappa shape index (κ3) is 4.68. The van der Waals surface area contributed by atoms with Gasteiger partial charge >= 0.3 is 11.9 Å². The number of aromatic carboxylic acids is 2. The van der Waals surface area contributed by atoms with Gasteiger partial charge in [-0.05, 0) is 114 Å². The van der Waals surface area contributed by atoms with Gasteiger partial charge < -0.3 is 20.4 Å². The number of pyridine rings is 2. The van der Waals surface area contributed by atoms with Crippen molar-refractivity contribution in [3.8, 4) is 0 Å². The quantitative estimate of drug-likeness (QED) is 0.167. The van der Waals surface area contributed by atoms with Crippen LogP contribution in [0.4, 0.5) is 11.4 Å². The zero-order chi connectivity index (χ0) is 30.7. The number of benzene rings is 4. The number of carbonyl (C=O) groups is 2. The van der Waals surface area contributed by atoms with Gasteiger partial charge in [-0.15, -0.1) is 0 Å². The zero-order valence-corrected chi connectivity index (χ0v) is 24.7. The molecule has 6 aromatic rings. The molecule has 1 saturated heterocycles. The molecule has 0 atom stereocenters. The largest absolute Gasteiger partial charge is 0.478 e. The third-order valence-corrected chi connectivity index (χ3v) is 9.84. The average Bonchev–Trinajstić information content (AvgIpc) is 3.05. The zero-order valence-electron chi connectivity index (χ0n) is 24.7. The van der Waals surface area contributed by atoms with E-state index in [1.807, 2.05) is 36.8 Å². The van der Waals surface area contributed by atoms with Crippen molar-refractivity contribution in [2.45, 2.75) is 44.1 Å². The van der Waals surface area contributed by atoms with Crippen molar-refractivity contribution in [1.82, 2.24) is 9.97 Å². The van der Waals surface area contributed by atoms with Crippen LogP contribution < -0.4 is 10.2 Å². The minimum Gasteiger partial charge on any atom is -0.478 e. The number of nitrogens with one attached hydrogen (secondary N) is 1. The number of carboxylic acid groups (broad SMARTS) is 2. The molecular formula is C37H32N4O4. The van der Waals surface area contributed by atoms with E-state index in [9.17, 15) is 19.8 Å². The Morgan fingerprint density at radius 3 is 2.13 bits per heavy atom. The van der Waals surface area contributed by atoms with Gasteiger partial charge in [0.15, 0.2) is 0 Å². The molecular weight excluding hydrogens is 564 g/mol. The van der Waals surface area contributed by atoms with Crippen LogP contribution in [0, 0.1) is 0 Å². The minimum atomic E-state index is -0.949. The first-order valence-corrected chi connectivity index (χ1v) is 15.6. The summed E-state index contributed by atoms with van der Waals surface area (Å²) >= 11 is 0. The topological polar surface area (TPSA) is 116 Å². The lowest BCUT2D eigenvalue weighted by molar-refractivity contribution is 0.0686. The second-order valence-corrected chi connectivity index (χ2v) is 12.4. The molecule has 0 bridgehead atoms. The number of rotatable bonds is 6. The SMILES string of the molecule is O=C(O)c1ccc2c(c1)cc(N1CCC(c3cc(C(=O)O)cc4cc(NC5CCC5)c5ccncc5c34)CC1)c1ccncc12. The fourth-order valence-electron chi connectivity index (χ4n) is 7.32. The number of fused-ring (bicyclic) bond motifs is 6. The van der Waals surface area contributed by atoms with Gasteiger partial charge in [0.25, 0.3) is 0 Å². The van der Waals surface area contributed by atoms with Crippen molar-refractivity contribution in [3.05, 3.63) is 96.1 Å². The first-order valence-electron chi connectivity index (χ1n) is 15.6. The lowest BCUT2D eigenvalue weighted by atomic mass is 9.83. The molecule has 8 nitrogen and oxygen atoms in total. The Morgan fingerprint density at radius 1 is 0.711 bits per heavy atom. The Kier molecular flexibility index (Phi) is 6.52. The standard InChI is InChI=1S/C37H32N4O4/c42-36(43)22-4-5-27-23(14-22)18-34(29-7-11-38-19-31(27)29)41-12-8-21(9-13-41)30-16-25(37(44)45)15-24-17-33(40-26-2-1-3-26)28-6-10-39-20-32(28)35(24)30/h4-7,10-11,14-21,26,40H,1-3,8-9,12-13H2,(H,42,43)(H,44,45). The molecule has 2 aliphatic rings. The fourth-order valence-corrected chi connectivity index (χ4v) is 7.32. The van der Waals surface area contributed by atoms with E-state index in [4.69, 9.17) is 0 Å². The maximum Gasteiger partial charge on any atom is 0.335 e. The lowest BCUT2D eigenvalue weighted by Gasteiger charge is -2.35. The maximum atomic E-state index is 12.3. The van der Waals surface area contributed by atoms with Crippen LogP contribution in [0.1, 0.15) is 64.3 Å². The van der Waals surface area contributed by atoms with Crippen LogP contribution in [0.25, 0.3) is 43.1 Å². The number of hydrogen-bond donors (Lipinski definition) is 3. The molecule has 0 radical (unpaired) electrons. The Balaban J connectivity index is 1.19. The van der Waals surface area contributed by atoms with Crippen LogP contribution in [0.15, 0.2) is 79.4 Å². The van der Waals surface area contributed by atoms with Crippen LogP contribution >= 0.6 is 0 Å². The van der Waals surface area contributed by atoms with Crippen molar-refractivity contribution in [2.75, 3.05) is 23.3 Å². The highest BCUT2D eigenvalue weighted by Gasteiger charge is 2.27. The van der Waals surface area contributed by atoms with Crippen LogP contribution in [-0.4, -0.2) is 51.3 Å². The average molecular weight is 597 g/mol. The number of hydrogen-bond acceptors (Lipinski definition) is 6. The summed E-state index contributed by atoms with van der Waals surface area (Å²) in [5.41, 5.74) is 3.73. The fraction of sp³-hybridized carbons (Fsp3) is 0.243. The molecule has 2 aromatic heterocycles. The molecule has 0 amide bonds. The Bertz CT molecular complexity index is 2170. The van der Waals surface area contributed by atoms with E-state index in [1.54, 1.807) is 24.4 Å². The normalized spacial score (nSPS) is 16.0. The molecule has 3 N–H and O–H groups in total. The molecule has 3 heterocycles. The summed E-state index contributed by atoms with van der Waals surface area (Å²) < 4.78 is 0. The number of anilines is 2. The lowest BCUT2D eigenvalue weighted by Crippen LogP contribution is -2.33. The van der Waals surface area contributed by atoms with E-state index in [-0.39, 0.29) is 11.5 Å². The monoisotopic (exact) mass is 596 g/mol. The van der Waals surface area contributed by atoms with E-state index < -0.39 is 11.9 Å². The molecule has 45 heavy (non-hydrogen) atoms. The highest BCUT2D eigenvalue weighted by molar-refractivity contribution is 6.16. The minimum absolute atomic E-state index is 0.170. The number of carboxylic acids is 2. The van der Waals surface area contributed by atoms with Crippen molar-refractivity contribution < 1.29 is 19.8 Å². The smallest absolute Gasteiger partial charge is 0.335 e. The van der Waals surface area contributed by atoms with Gasteiger partial charge in [-0.2, -0.15) is 0 Å². The Morgan fingerprint density at radius 2 is 1.42 bits per heavy atom. The van der Waals surface area contributed by atoms with Gasteiger partial charge in [0.2, 0.25) is 0 Å². The summed E-state index contributed by atoms with van der Waals surface area (Å²) in [6, 6.07) is 17.7.